The van der Waals surface area contributed by atoms with E-state index in [1.54, 1.807) is 0 Å². The SMILES string of the molecule is Cc1cc(C)n(-c2ccccc2CN2CCC3CNCC32)n1. The average Bonchev–Trinajstić information content (AvgIpc) is 3.18. The van der Waals surface area contributed by atoms with Gasteiger partial charge in [0.25, 0.3) is 0 Å². The summed E-state index contributed by atoms with van der Waals surface area (Å²) in [7, 11) is 0. The van der Waals surface area contributed by atoms with Crippen LogP contribution < -0.4 is 5.32 Å². The van der Waals surface area contributed by atoms with Crippen LogP contribution in [0.15, 0.2) is 30.3 Å². The van der Waals surface area contributed by atoms with Gasteiger partial charge in [0.15, 0.2) is 0 Å². The van der Waals surface area contributed by atoms with Crippen LogP contribution in [0.4, 0.5) is 0 Å². The van der Waals surface area contributed by atoms with E-state index in [1.807, 2.05) is 0 Å². The van der Waals surface area contributed by atoms with Crippen LogP contribution in [0, 0.1) is 19.8 Å². The first-order valence-electron chi connectivity index (χ1n) is 8.28. The summed E-state index contributed by atoms with van der Waals surface area (Å²) in [5.41, 5.74) is 4.88. The molecule has 0 amide bonds. The zero-order valence-electron chi connectivity index (χ0n) is 13.4. The highest BCUT2D eigenvalue weighted by atomic mass is 15.3. The molecule has 4 rings (SSSR count). The number of hydrogen-bond acceptors (Lipinski definition) is 3. The van der Waals surface area contributed by atoms with Crippen LogP contribution in [-0.4, -0.2) is 40.4 Å². The van der Waals surface area contributed by atoms with Gasteiger partial charge in [-0.05, 0) is 57.0 Å². The minimum absolute atomic E-state index is 0.716. The topological polar surface area (TPSA) is 33.1 Å². The maximum absolute atomic E-state index is 4.67. The first kappa shape index (κ1) is 14.0. The van der Waals surface area contributed by atoms with Crippen molar-refractivity contribution in [3.63, 3.8) is 0 Å². The molecule has 1 aromatic carbocycles. The number of benzene rings is 1. The van der Waals surface area contributed by atoms with Crippen molar-refractivity contribution in [3.05, 3.63) is 47.3 Å². The average molecular weight is 296 g/mol. The van der Waals surface area contributed by atoms with Gasteiger partial charge >= 0.3 is 0 Å². The summed E-state index contributed by atoms with van der Waals surface area (Å²) < 4.78 is 2.09. The maximum Gasteiger partial charge on any atom is 0.0693 e. The second-order valence-corrected chi connectivity index (χ2v) is 6.71. The molecule has 0 spiro atoms. The smallest absolute Gasteiger partial charge is 0.0693 e. The number of hydrogen-bond donors (Lipinski definition) is 1. The predicted molar refractivity (Wildman–Crippen MR) is 88.2 cm³/mol. The van der Waals surface area contributed by atoms with Crippen molar-refractivity contribution in [1.82, 2.24) is 20.0 Å². The summed E-state index contributed by atoms with van der Waals surface area (Å²) in [5.74, 6) is 0.848. The molecular weight excluding hydrogens is 272 g/mol. The van der Waals surface area contributed by atoms with Crippen molar-refractivity contribution in [2.75, 3.05) is 19.6 Å². The lowest BCUT2D eigenvalue weighted by molar-refractivity contribution is 0.244. The van der Waals surface area contributed by atoms with Crippen LogP contribution in [0.5, 0.6) is 0 Å². The van der Waals surface area contributed by atoms with Crippen molar-refractivity contribution >= 4 is 0 Å². The number of para-hydroxylation sites is 1. The summed E-state index contributed by atoms with van der Waals surface area (Å²) in [6, 6.07) is 11.6. The molecule has 1 aromatic heterocycles. The van der Waals surface area contributed by atoms with Crippen molar-refractivity contribution < 1.29 is 0 Å². The largest absolute Gasteiger partial charge is 0.315 e. The fourth-order valence-electron chi connectivity index (χ4n) is 4.08. The highest BCUT2D eigenvalue weighted by Crippen LogP contribution is 2.29. The van der Waals surface area contributed by atoms with E-state index in [1.165, 1.54) is 36.5 Å². The Morgan fingerprint density at radius 1 is 1.23 bits per heavy atom. The zero-order chi connectivity index (χ0) is 15.1. The van der Waals surface area contributed by atoms with Crippen molar-refractivity contribution in [2.45, 2.75) is 32.9 Å². The molecule has 116 valence electrons. The second kappa shape index (κ2) is 5.52. The Hall–Kier alpha value is -1.65. The van der Waals surface area contributed by atoms with Crippen LogP contribution in [-0.2, 0) is 6.54 Å². The number of likely N-dealkylation sites (tertiary alicyclic amines) is 1. The molecule has 2 fully saturated rings. The van der Waals surface area contributed by atoms with Crippen molar-refractivity contribution in [2.24, 2.45) is 5.92 Å². The van der Waals surface area contributed by atoms with E-state index in [4.69, 9.17) is 0 Å². The molecule has 2 atom stereocenters. The molecule has 2 unspecified atom stereocenters. The lowest BCUT2D eigenvalue weighted by Crippen LogP contribution is -2.33. The first-order chi connectivity index (χ1) is 10.7. The Bertz CT molecular complexity index is 675. The molecule has 4 heteroatoms. The molecule has 0 aliphatic carbocycles. The molecule has 2 aliphatic rings. The highest BCUT2D eigenvalue weighted by Gasteiger charge is 2.37. The van der Waals surface area contributed by atoms with Gasteiger partial charge < -0.3 is 5.32 Å². The predicted octanol–water partition coefficient (Wildman–Crippen LogP) is 2.28. The van der Waals surface area contributed by atoms with Gasteiger partial charge in [0.05, 0.1) is 11.4 Å². The minimum Gasteiger partial charge on any atom is -0.315 e. The molecule has 2 aromatic rings. The van der Waals surface area contributed by atoms with E-state index in [9.17, 15) is 0 Å². The lowest BCUT2D eigenvalue weighted by Gasteiger charge is -2.24. The molecule has 2 aliphatic heterocycles. The van der Waals surface area contributed by atoms with E-state index in [0.717, 1.165) is 24.7 Å². The summed E-state index contributed by atoms with van der Waals surface area (Å²) in [6.45, 7) is 8.78. The molecule has 0 radical (unpaired) electrons. The summed E-state index contributed by atoms with van der Waals surface area (Å²) in [6.07, 6.45) is 1.33. The van der Waals surface area contributed by atoms with E-state index < -0.39 is 0 Å². The Labute approximate surface area is 132 Å². The van der Waals surface area contributed by atoms with Crippen LogP contribution >= 0.6 is 0 Å². The third-order valence-electron chi connectivity index (χ3n) is 5.16. The summed E-state index contributed by atoms with van der Waals surface area (Å²) >= 11 is 0. The number of rotatable bonds is 3. The molecule has 0 bridgehead atoms. The fraction of sp³-hybridized carbons (Fsp3) is 0.500. The zero-order valence-corrected chi connectivity index (χ0v) is 13.4. The van der Waals surface area contributed by atoms with Gasteiger partial charge in [0.2, 0.25) is 0 Å². The van der Waals surface area contributed by atoms with E-state index >= 15 is 0 Å². The number of nitrogens with one attached hydrogen (secondary N) is 1. The molecule has 4 nitrogen and oxygen atoms in total. The number of fused-ring (bicyclic) bond motifs is 1. The van der Waals surface area contributed by atoms with E-state index in [0.29, 0.717) is 6.04 Å². The Morgan fingerprint density at radius 3 is 2.91 bits per heavy atom. The maximum atomic E-state index is 4.67. The normalized spacial score (nSPS) is 24.8. The third-order valence-corrected chi connectivity index (χ3v) is 5.16. The van der Waals surface area contributed by atoms with Gasteiger partial charge in [0.1, 0.15) is 0 Å². The van der Waals surface area contributed by atoms with Gasteiger partial charge in [-0.1, -0.05) is 18.2 Å². The molecule has 22 heavy (non-hydrogen) atoms. The van der Waals surface area contributed by atoms with Crippen LogP contribution in [0.3, 0.4) is 0 Å². The van der Waals surface area contributed by atoms with Crippen molar-refractivity contribution in [1.29, 1.82) is 0 Å². The minimum atomic E-state index is 0.716. The number of aryl methyl sites for hydroxylation is 2. The van der Waals surface area contributed by atoms with E-state index in [-0.39, 0.29) is 0 Å². The van der Waals surface area contributed by atoms with Gasteiger partial charge in [-0.3, -0.25) is 4.90 Å². The number of aromatic nitrogens is 2. The molecular formula is C18H24N4. The summed E-state index contributed by atoms with van der Waals surface area (Å²) in [5, 5.41) is 8.21. The lowest BCUT2D eigenvalue weighted by atomic mass is 10.0. The number of nitrogens with zero attached hydrogens (tertiary/aromatic N) is 3. The van der Waals surface area contributed by atoms with Gasteiger partial charge in [0, 0.05) is 24.8 Å². The van der Waals surface area contributed by atoms with Crippen molar-refractivity contribution in [3.8, 4) is 5.69 Å². The second-order valence-electron chi connectivity index (χ2n) is 6.71. The van der Waals surface area contributed by atoms with Crippen LogP contribution in [0.2, 0.25) is 0 Å². The highest BCUT2D eigenvalue weighted by molar-refractivity contribution is 5.42. The monoisotopic (exact) mass is 296 g/mol. The Kier molecular flexibility index (Phi) is 3.51. The van der Waals surface area contributed by atoms with Gasteiger partial charge in [-0.15, -0.1) is 0 Å². The summed E-state index contributed by atoms with van der Waals surface area (Å²) in [4.78, 5) is 2.65. The molecule has 0 saturated carbocycles. The Balaban J connectivity index is 1.64. The molecule has 3 heterocycles. The third kappa shape index (κ3) is 2.36. The van der Waals surface area contributed by atoms with Crippen LogP contribution in [0.1, 0.15) is 23.4 Å². The first-order valence-corrected chi connectivity index (χ1v) is 8.28. The standard InChI is InChI=1S/C18H24N4/c1-13-9-14(2)22(20-13)17-6-4-3-5-16(17)12-21-8-7-15-10-19-11-18(15)21/h3-6,9,15,18-19H,7-8,10-12H2,1-2H3. The van der Waals surface area contributed by atoms with E-state index in [2.05, 4.69) is 64.2 Å². The Morgan fingerprint density at radius 2 is 2.09 bits per heavy atom. The molecule has 2 saturated heterocycles. The fourth-order valence-corrected chi connectivity index (χ4v) is 4.08. The molecule has 1 N–H and O–H groups in total. The quantitative estimate of drug-likeness (QED) is 0.943. The van der Waals surface area contributed by atoms with Gasteiger partial charge in [-0.2, -0.15) is 5.10 Å². The van der Waals surface area contributed by atoms with Gasteiger partial charge in [-0.25, -0.2) is 4.68 Å². The van der Waals surface area contributed by atoms with Crippen LogP contribution in [0.25, 0.3) is 5.69 Å².